The van der Waals surface area contributed by atoms with Gasteiger partial charge in [-0.3, -0.25) is 4.68 Å². The van der Waals surface area contributed by atoms with Crippen molar-refractivity contribution in [3.05, 3.63) is 18.0 Å². The molecule has 0 spiro atoms. The average molecular weight is 165 g/mol. The summed E-state index contributed by atoms with van der Waals surface area (Å²) in [5.41, 5.74) is 1.34. The van der Waals surface area contributed by atoms with Crippen molar-refractivity contribution < 1.29 is 0 Å². The van der Waals surface area contributed by atoms with Gasteiger partial charge in [0.1, 0.15) is 0 Å². The van der Waals surface area contributed by atoms with Gasteiger partial charge in [-0.05, 0) is 32.4 Å². The molecule has 2 heterocycles. The molecule has 66 valence electrons. The SMILES string of the molecule is CCn1nccc1C1CCCN1. The van der Waals surface area contributed by atoms with Gasteiger partial charge in [-0.25, -0.2) is 0 Å². The fourth-order valence-electron chi connectivity index (χ4n) is 1.84. The quantitative estimate of drug-likeness (QED) is 0.716. The Hall–Kier alpha value is -0.830. The molecule has 1 aromatic rings. The van der Waals surface area contributed by atoms with Gasteiger partial charge in [-0.1, -0.05) is 0 Å². The Morgan fingerprint density at radius 1 is 1.75 bits per heavy atom. The van der Waals surface area contributed by atoms with Crippen LogP contribution in [0.25, 0.3) is 0 Å². The normalized spacial score (nSPS) is 23.2. The van der Waals surface area contributed by atoms with Crippen molar-refractivity contribution >= 4 is 0 Å². The molecule has 0 radical (unpaired) electrons. The number of aromatic nitrogens is 2. The topological polar surface area (TPSA) is 29.9 Å². The Morgan fingerprint density at radius 2 is 2.67 bits per heavy atom. The third kappa shape index (κ3) is 1.25. The molecule has 1 fully saturated rings. The van der Waals surface area contributed by atoms with E-state index < -0.39 is 0 Å². The van der Waals surface area contributed by atoms with Crippen LogP contribution in [0, 0.1) is 0 Å². The van der Waals surface area contributed by atoms with Gasteiger partial charge in [0.15, 0.2) is 0 Å². The number of nitrogens with one attached hydrogen (secondary N) is 1. The van der Waals surface area contributed by atoms with Gasteiger partial charge < -0.3 is 5.32 Å². The lowest BCUT2D eigenvalue weighted by atomic mass is 10.1. The summed E-state index contributed by atoms with van der Waals surface area (Å²) in [4.78, 5) is 0. The molecular weight excluding hydrogens is 150 g/mol. The number of aryl methyl sites for hydroxylation is 1. The predicted molar refractivity (Wildman–Crippen MR) is 47.9 cm³/mol. The van der Waals surface area contributed by atoms with E-state index in [9.17, 15) is 0 Å². The molecule has 2 rings (SSSR count). The van der Waals surface area contributed by atoms with E-state index >= 15 is 0 Å². The van der Waals surface area contributed by atoms with Crippen LogP contribution in [0.3, 0.4) is 0 Å². The number of nitrogens with zero attached hydrogens (tertiary/aromatic N) is 2. The van der Waals surface area contributed by atoms with Crippen LogP contribution >= 0.6 is 0 Å². The van der Waals surface area contributed by atoms with E-state index in [1.165, 1.54) is 18.5 Å². The molecule has 12 heavy (non-hydrogen) atoms. The molecule has 0 saturated carbocycles. The molecule has 0 aliphatic carbocycles. The average Bonchev–Trinajstić information content (AvgIpc) is 2.74. The van der Waals surface area contributed by atoms with Crippen LogP contribution in [0.2, 0.25) is 0 Å². The molecular formula is C9H15N3. The minimum atomic E-state index is 0.549. The molecule has 1 aromatic heterocycles. The molecule has 1 aliphatic heterocycles. The van der Waals surface area contributed by atoms with Gasteiger partial charge in [-0.15, -0.1) is 0 Å². The zero-order valence-corrected chi connectivity index (χ0v) is 7.45. The maximum absolute atomic E-state index is 4.26. The van der Waals surface area contributed by atoms with Crippen molar-refractivity contribution in [1.82, 2.24) is 15.1 Å². The summed E-state index contributed by atoms with van der Waals surface area (Å²) in [6.07, 6.45) is 4.43. The zero-order valence-electron chi connectivity index (χ0n) is 7.45. The first-order chi connectivity index (χ1) is 5.92. The van der Waals surface area contributed by atoms with Gasteiger partial charge in [0.25, 0.3) is 0 Å². The minimum absolute atomic E-state index is 0.549. The fraction of sp³-hybridized carbons (Fsp3) is 0.667. The second-order valence-corrected chi connectivity index (χ2v) is 3.22. The Bertz CT molecular complexity index is 248. The van der Waals surface area contributed by atoms with Crippen LogP contribution < -0.4 is 5.32 Å². The van der Waals surface area contributed by atoms with Crippen LogP contribution in [0.15, 0.2) is 12.3 Å². The number of hydrogen-bond donors (Lipinski definition) is 1. The van der Waals surface area contributed by atoms with Gasteiger partial charge in [-0.2, -0.15) is 5.10 Å². The second-order valence-electron chi connectivity index (χ2n) is 3.22. The smallest absolute Gasteiger partial charge is 0.0553 e. The summed E-state index contributed by atoms with van der Waals surface area (Å²) < 4.78 is 2.07. The molecule has 0 bridgehead atoms. The first kappa shape index (κ1) is 7.80. The van der Waals surface area contributed by atoms with Gasteiger partial charge >= 0.3 is 0 Å². The predicted octanol–water partition coefficient (Wildman–Crippen LogP) is 1.33. The van der Waals surface area contributed by atoms with E-state index in [0.29, 0.717) is 6.04 Å². The van der Waals surface area contributed by atoms with Crippen molar-refractivity contribution in [3.63, 3.8) is 0 Å². The molecule has 3 nitrogen and oxygen atoms in total. The summed E-state index contributed by atoms with van der Waals surface area (Å²) in [6, 6.07) is 2.67. The standard InChI is InChI=1S/C9H15N3/c1-2-12-9(5-7-11-12)8-4-3-6-10-8/h5,7-8,10H,2-4,6H2,1H3. The first-order valence-electron chi connectivity index (χ1n) is 4.67. The summed E-state index contributed by atoms with van der Waals surface area (Å²) in [5, 5.41) is 7.73. The molecule has 1 atom stereocenters. The lowest BCUT2D eigenvalue weighted by Crippen LogP contribution is -2.17. The highest BCUT2D eigenvalue weighted by Gasteiger charge is 2.18. The molecule has 1 saturated heterocycles. The van der Waals surface area contributed by atoms with E-state index in [1.807, 2.05) is 6.20 Å². The van der Waals surface area contributed by atoms with E-state index in [-0.39, 0.29) is 0 Å². The number of rotatable bonds is 2. The zero-order chi connectivity index (χ0) is 8.39. The summed E-state index contributed by atoms with van der Waals surface area (Å²) >= 11 is 0. The monoisotopic (exact) mass is 165 g/mol. The highest BCUT2D eigenvalue weighted by atomic mass is 15.3. The third-order valence-electron chi connectivity index (χ3n) is 2.47. The first-order valence-corrected chi connectivity index (χ1v) is 4.67. The van der Waals surface area contributed by atoms with Crippen LogP contribution in [0.1, 0.15) is 31.5 Å². The highest BCUT2D eigenvalue weighted by Crippen LogP contribution is 2.22. The Morgan fingerprint density at radius 3 is 3.33 bits per heavy atom. The van der Waals surface area contributed by atoms with Crippen LogP contribution in [0.4, 0.5) is 0 Å². The Balaban J connectivity index is 2.19. The van der Waals surface area contributed by atoms with E-state index in [0.717, 1.165) is 13.1 Å². The molecule has 1 aliphatic rings. The van der Waals surface area contributed by atoms with Crippen molar-refractivity contribution in [2.45, 2.75) is 32.4 Å². The largest absolute Gasteiger partial charge is 0.309 e. The molecule has 1 unspecified atom stereocenters. The summed E-state index contributed by atoms with van der Waals surface area (Å²) in [5.74, 6) is 0. The summed E-state index contributed by atoms with van der Waals surface area (Å²) in [6.45, 7) is 4.26. The van der Waals surface area contributed by atoms with Crippen molar-refractivity contribution in [2.24, 2.45) is 0 Å². The molecule has 0 aromatic carbocycles. The molecule has 3 heteroatoms. The van der Waals surface area contributed by atoms with Crippen molar-refractivity contribution in [2.75, 3.05) is 6.54 Å². The Kier molecular flexibility index (Phi) is 2.13. The second kappa shape index (κ2) is 3.27. The highest BCUT2D eigenvalue weighted by molar-refractivity contribution is 5.08. The Labute approximate surface area is 72.8 Å². The van der Waals surface area contributed by atoms with E-state index in [4.69, 9.17) is 0 Å². The molecule has 1 N–H and O–H groups in total. The lowest BCUT2D eigenvalue weighted by Gasteiger charge is -2.11. The van der Waals surface area contributed by atoms with E-state index in [1.54, 1.807) is 0 Å². The van der Waals surface area contributed by atoms with Crippen LogP contribution in [0.5, 0.6) is 0 Å². The third-order valence-corrected chi connectivity index (χ3v) is 2.47. The van der Waals surface area contributed by atoms with Gasteiger partial charge in [0.05, 0.1) is 5.69 Å². The van der Waals surface area contributed by atoms with Gasteiger partial charge in [0, 0.05) is 18.8 Å². The van der Waals surface area contributed by atoms with Crippen LogP contribution in [-0.4, -0.2) is 16.3 Å². The fourth-order valence-corrected chi connectivity index (χ4v) is 1.84. The lowest BCUT2D eigenvalue weighted by molar-refractivity contribution is 0.540. The van der Waals surface area contributed by atoms with Gasteiger partial charge in [0.2, 0.25) is 0 Å². The van der Waals surface area contributed by atoms with Crippen molar-refractivity contribution in [3.8, 4) is 0 Å². The summed E-state index contributed by atoms with van der Waals surface area (Å²) in [7, 11) is 0. The van der Waals surface area contributed by atoms with Crippen LogP contribution in [-0.2, 0) is 6.54 Å². The maximum Gasteiger partial charge on any atom is 0.0553 e. The van der Waals surface area contributed by atoms with E-state index in [2.05, 4.69) is 28.1 Å². The van der Waals surface area contributed by atoms with Crippen molar-refractivity contribution in [1.29, 1.82) is 0 Å². The molecule has 0 amide bonds. The maximum atomic E-state index is 4.26. The number of hydrogen-bond acceptors (Lipinski definition) is 2. The minimum Gasteiger partial charge on any atom is -0.309 e.